The van der Waals surface area contributed by atoms with Crippen LogP contribution in [0.25, 0.3) is 0 Å². The predicted molar refractivity (Wildman–Crippen MR) is 79.2 cm³/mol. The van der Waals surface area contributed by atoms with Crippen LogP contribution < -0.4 is 14.8 Å². The van der Waals surface area contributed by atoms with Gasteiger partial charge in [-0.25, -0.2) is 0 Å². The van der Waals surface area contributed by atoms with Crippen molar-refractivity contribution in [3.05, 3.63) is 18.2 Å². The standard InChI is InChI=1S/C13H18N2OS2/c1-5-16-9-6-7-10-11(8-9)17-12(18-14)15(10)13(2,3)4/h6-8,12H,5H2,1-4H3. The number of fused-ring (bicyclic) bond motifs is 1. The van der Waals surface area contributed by atoms with E-state index in [-0.39, 0.29) is 10.2 Å². The quantitative estimate of drug-likeness (QED) is 0.790. The van der Waals surface area contributed by atoms with Crippen molar-refractivity contribution < 1.29 is 4.74 Å². The molecule has 3 nitrogen and oxygen atoms in total. The Bertz CT molecular complexity index is 431. The number of hydrogen-bond acceptors (Lipinski definition) is 4. The molecule has 0 saturated heterocycles. The lowest BCUT2D eigenvalue weighted by atomic mass is 10.1. The summed E-state index contributed by atoms with van der Waals surface area (Å²) < 4.78 is 5.53. The highest BCUT2D eigenvalue weighted by Crippen LogP contribution is 2.50. The molecule has 0 aliphatic carbocycles. The lowest BCUT2D eigenvalue weighted by molar-refractivity contribution is 0.339. The van der Waals surface area contributed by atoms with Crippen LogP contribution in [0.2, 0.25) is 0 Å². The monoisotopic (exact) mass is 282 g/mol. The van der Waals surface area contributed by atoms with Crippen molar-refractivity contribution in [3.63, 3.8) is 0 Å². The minimum Gasteiger partial charge on any atom is -0.494 e. The summed E-state index contributed by atoms with van der Waals surface area (Å²) in [5, 5.41) is 9.47. The van der Waals surface area contributed by atoms with E-state index in [1.54, 1.807) is 11.8 Å². The Hall–Kier alpha value is -0.520. The molecule has 98 valence electrons. The van der Waals surface area contributed by atoms with Gasteiger partial charge in [0.2, 0.25) is 0 Å². The minimum atomic E-state index is -0.0220. The van der Waals surface area contributed by atoms with E-state index in [1.165, 1.54) is 10.6 Å². The first-order valence-corrected chi connectivity index (χ1v) is 7.72. The van der Waals surface area contributed by atoms with Crippen LogP contribution in [0.5, 0.6) is 5.75 Å². The molecule has 5 heteroatoms. The second-order valence-electron chi connectivity index (χ2n) is 5.13. The molecule has 1 aliphatic rings. The topological polar surface area (TPSA) is 34.8 Å². The van der Waals surface area contributed by atoms with E-state index in [0.29, 0.717) is 6.61 Å². The van der Waals surface area contributed by atoms with Crippen molar-refractivity contribution in [1.82, 2.24) is 5.14 Å². The van der Waals surface area contributed by atoms with Gasteiger partial charge >= 0.3 is 0 Å². The zero-order valence-corrected chi connectivity index (χ0v) is 12.8. The van der Waals surface area contributed by atoms with Crippen LogP contribution in [0.3, 0.4) is 0 Å². The zero-order valence-electron chi connectivity index (χ0n) is 11.1. The highest BCUT2D eigenvalue weighted by Gasteiger charge is 2.37. The molecule has 0 saturated carbocycles. The van der Waals surface area contributed by atoms with Gasteiger partial charge in [-0.2, -0.15) is 0 Å². The Morgan fingerprint density at radius 2 is 2.17 bits per heavy atom. The number of nitrogens with zero attached hydrogens (tertiary/aromatic N) is 2. The van der Waals surface area contributed by atoms with Crippen LogP contribution in [0.4, 0.5) is 5.69 Å². The van der Waals surface area contributed by atoms with Crippen molar-refractivity contribution in [2.45, 2.75) is 42.8 Å². The van der Waals surface area contributed by atoms with E-state index < -0.39 is 0 Å². The summed E-state index contributed by atoms with van der Waals surface area (Å²) in [6.45, 7) is 9.12. The van der Waals surface area contributed by atoms with Crippen LogP contribution >= 0.6 is 23.7 Å². The van der Waals surface area contributed by atoms with E-state index in [0.717, 1.165) is 17.7 Å². The van der Waals surface area contributed by atoms with Crippen molar-refractivity contribution in [3.8, 4) is 5.75 Å². The number of thioether (sulfide) groups is 1. The van der Waals surface area contributed by atoms with Gasteiger partial charge in [0, 0.05) is 10.4 Å². The van der Waals surface area contributed by atoms with Gasteiger partial charge in [0.1, 0.15) is 10.5 Å². The summed E-state index contributed by atoms with van der Waals surface area (Å²) in [4.78, 5) is 3.41. The molecule has 1 aromatic carbocycles. The molecule has 0 bridgehead atoms. The van der Waals surface area contributed by atoms with Crippen LogP contribution in [-0.4, -0.2) is 16.9 Å². The van der Waals surface area contributed by atoms with E-state index in [4.69, 9.17) is 4.74 Å². The highest BCUT2D eigenvalue weighted by molar-refractivity contribution is 8.16. The number of rotatable bonds is 3. The van der Waals surface area contributed by atoms with Crippen molar-refractivity contribution in [1.29, 1.82) is 0 Å². The molecule has 1 aliphatic heterocycles. The fourth-order valence-corrected chi connectivity index (χ4v) is 4.30. The molecule has 0 N–H and O–H groups in total. The van der Waals surface area contributed by atoms with E-state index in [1.807, 2.05) is 13.0 Å². The predicted octanol–water partition coefficient (Wildman–Crippen LogP) is 3.80. The summed E-state index contributed by atoms with van der Waals surface area (Å²) in [7, 11) is 0. The second kappa shape index (κ2) is 5.23. The molecule has 0 aromatic heterocycles. The number of ether oxygens (including phenoxy) is 1. The van der Waals surface area contributed by atoms with Gasteiger partial charge in [-0.3, -0.25) is 0 Å². The van der Waals surface area contributed by atoms with Crippen LogP contribution in [0.15, 0.2) is 23.1 Å². The lowest BCUT2D eigenvalue weighted by Crippen LogP contribution is -2.43. The minimum absolute atomic E-state index is 0.0110. The second-order valence-corrected chi connectivity index (χ2v) is 7.21. The van der Waals surface area contributed by atoms with E-state index >= 15 is 0 Å². The third kappa shape index (κ3) is 2.58. The van der Waals surface area contributed by atoms with Gasteiger partial charge in [-0.15, -0.1) is 0 Å². The molecule has 18 heavy (non-hydrogen) atoms. The maximum Gasteiger partial charge on any atom is 0.144 e. The number of hydrogen-bond donors (Lipinski definition) is 0. The first-order chi connectivity index (χ1) is 8.47. The molecule has 0 amide bonds. The zero-order chi connectivity index (χ0) is 13.3. The molecule has 1 atom stereocenters. The van der Waals surface area contributed by atoms with Gasteiger partial charge in [0.25, 0.3) is 0 Å². The molecule has 0 fully saturated rings. The third-order valence-corrected chi connectivity index (χ3v) is 4.68. The molecule has 1 aromatic rings. The Balaban J connectivity index is 2.36. The lowest BCUT2D eigenvalue weighted by Gasteiger charge is -2.37. The Kier molecular flexibility index (Phi) is 4.04. The number of benzene rings is 1. The smallest absolute Gasteiger partial charge is 0.144 e. The van der Waals surface area contributed by atoms with Crippen molar-refractivity contribution in [2.24, 2.45) is 0 Å². The molecule has 2 rings (SSSR count). The van der Waals surface area contributed by atoms with Crippen LogP contribution in [0.1, 0.15) is 27.7 Å². The fourth-order valence-electron chi connectivity index (χ4n) is 2.07. The van der Waals surface area contributed by atoms with Gasteiger partial charge in [0.05, 0.1) is 12.3 Å². The van der Waals surface area contributed by atoms with Crippen molar-refractivity contribution in [2.75, 3.05) is 11.5 Å². The molecular weight excluding hydrogens is 264 g/mol. The van der Waals surface area contributed by atoms with Gasteiger partial charge in [-0.1, -0.05) is 16.9 Å². The molecule has 1 unspecified atom stereocenters. The van der Waals surface area contributed by atoms with Crippen molar-refractivity contribution >= 4 is 29.4 Å². The maximum atomic E-state index is 9.47. The van der Waals surface area contributed by atoms with Gasteiger partial charge in [-0.05, 0) is 57.8 Å². The van der Waals surface area contributed by atoms with Crippen LogP contribution in [-0.2, 0) is 0 Å². The first-order valence-electron chi connectivity index (χ1n) is 6.00. The Labute approximate surface area is 118 Å². The summed E-state index contributed by atoms with van der Waals surface area (Å²) in [6, 6.07) is 6.12. The molecule has 2 radical (unpaired) electrons. The summed E-state index contributed by atoms with van der Waals surface area (Å²) in [5.74, 6) is 0.890. The summed E-state index contributed by atoms with van der Waals surface area (Å²) in [6.07, 6.45) is 0. The van der Waals surface area contributed by atoms with E-state index in [9.17, 15) is 5.14 Å². The average molecular weight is 282 g/mol. The Morgan fingerprint density at radius 1 is 1.44 bits per heavy atom. The highest BCUT2D eigenvalue weighted by atomic mass is 32.2. The normalized spacial score (nSPS) is 18.9. The largest absolute Gasteiger partial charge is 0.494 e. The molecular formula is C13H18N2OS2. The summed E-state index contributed by atoms with van der Waals surface area (Å²) in [5.41, 5.74) is 1.15. The first kappa shape index (κ1) is 13.9. The summed E-state index contributed by atoms with van der Waals surface area (Å²) >= 11 is 2.56. The fraction of sp³-hybridized carbons (Fsp3) is 0.538. The molecule has 0 spiro atoms. The van der Waals surface area contributed by atoms with Gasteiger partial charge in [0.15, 0.2) is 0 Å². The third-order valence-electron chi connectivity index (χ3n) is 2.75. The maximum absolute atomic E-state index is 9.47. The number of anilines is 1. The molecule has 1 heterocycles. The SMILES string of the molecule is CCOc1ccc2c(c1)SC(S[N])N2C(C)(C)C. The van der Waals surface area contributed by atoms with E-state index in [2.05, 4.69) is 37.8 Å². The Morgan fingerprint density at radius 3 is 2.72 bits per heavy atom. The van der Waals surface area contributed by atoms with Gasteiger partial charge < -0.3 is 9.64 Å². The van der Waals surface area contributed by atoms with Crippen LogP contribution in [0, 0.1) is 0 Å². The average Bonchev–Trinajstić information content (AvgIpc) is 2.66.